The Kier molecular flexibility index (Phi) is 3.38. The molecule has 1 aliphatic heterocycles. The molecule has 1 aromatic rings. The summed E-state index contributed by atoms with van der Waals surface area (Å²) in [5, 5.41) is 0. The maximum Gasteiger partial charge on any atom is 0.255 e. The highest BCUT2D eigenvalue weighted by Crippen LogP contribution is 2.33. The van der Waals surface area contributed by atoms with E-state index in [4.69, 9.17) is 5.73 Å². The van der Waals surface area contributed by atoms with E-state index in [0.29, 0.717) is 24.5 Å². The van der Waals surface area contributed by atoms with Crippen LogP contribution in [0.3, 0.4) is 0 Å². The van der Waals surface area contributed by atoms with Gasteiger partial charge in [0.2, 0.25) is 0 Å². The summed E-state index contributed by atoms with van der Waals surface area (Å²) >= 11 is 0. The average molecular weight is 277 g/mol. The van der Waals surface area contributed by atoms with Crippen LogP contribution in [0.15, 0.2) is 18.1 Å². The molecule has 1 amide bonds. The van der Waals surface area contributed by atoms with Gasteiger partial charge >= 0.3 is 0 Å². The van der Waals surface area contributed by atoms with Crippen LogP contribution in [0.4, 0.5) is 4.39 Å². The van der Waals surface area contributed by atoms with Crippen LogP contribution in [0, 0.1) is 6.92 Å². The summed E-state index contributed by atoms with van der Waals surface area (Å²) in [4.78, 5) is 14.5. The second-order valence-electron chi connectivity index (χ2n) is 5.69. The fourth-order valence-electron chi connectivity index (χ4n) is 2.95. The third kappa shape index (κ3) is 2.16. The third-order valence-electron chi connectivity index (χ3n) is 4.35. The molecule has 0 atom stereocenters. The minimum Gasteiger partial charge on any atom is -0.346 e. The Morgan fingerprint density at radius 1 is 1.55 bits per heavy atom. The van der Waals surface area contributed by atoms with Gasteiger partial charge in [-0.25, -0.2) is 4.39 Å². The van der Waals surface area contributed by atoms with Crippen molar-refractivity contribution in [1.82, 2.24) is 9.47 Å². The summed E-state index contributed by atoms with van der Waals surface area (Å²) in [7, 11) is 0. The fraction of sp³-hybridized carbons (Fsp3) is 0.533. The zero-order chi connectivity index (χ0) is 14.3. The normalized spacial score (nSPS) is 19.4. The van der Waals surface area contributed by atoms with Gasteiger partial charge in [-0.3, -0.25) is 4.79 Å². The standard InChI is InChI=1S/C15H20FN3O/c1-10-13-4-5-19(12-2-3-12)15(20)14(13)9-18(10)8-11(6-16)7-17/h6,9,12H,2-5,7-8,17H2,1H3. The second kappa shape index (κ2) is 5.05. The number of nitrogens with zero attached hydrogens (tertiary/aromatic N) is 2. The minimum atomic E-state index is 0.133. The first-order valence-corrected chi connectivity index (χ1v) is 7.13. The van der Waals surface area contributed by atoms with Crippen molar-refractivity contribution >= 4 is 5.91 Å². The quantitative estimate of drug-likeness (QED) is 0.912. The van der Waals surface area contributed by atoms with E-state index in [1.165, 1.54) is 0 Å². The van der Waals surface area contributed by atoms with Gasteiger partial charge in [-0.2, -0.15) is 0 Å². The maximum absolute atomic E-state index is 12.7. The number of halogens is 1. The average Bonchev–Trinajstić information content (AvgIpc) is 3.24. The van der Waals surface area contributed by atoms with Crippen molar-refractivity contribution in [3.63, 3.8) is 0 Å². The highest BCUT2D eigenvalue weighted by molar-refractivity contribution is 5.97. The van der Waals surface area contributed by atoms with Crippen molar-refractivity contribution in [2.45, 2.75) is 38.8 Å². The Morgan fingerprint density at radius 2 is 2.30 bits per heavy atom. The van der Waals surface area contributed by atoms with E-state index in [0.717, 1.165) is 42.6 Å². The first kappa shape index (κ1) is 13.4. The van der Waals surface area contributed by atoms with E-state index in [1.807, 2.05) is 22.6 Å². The molecular weight excluding hydrogens is 257 g/mol. The molecule has 3 rings (SSSR count). The number of fused-ring (bicyclic) bond motifs is 1. The van der Waals surface area contributed by atoms with Crippen LogP contribution in [-0.4, -0.2) is 34.5 Å². The van der Waals surface area contributed by atoms with E-state index < -0.39 is 0 Å². The lowest BCUT2D eigenvalue weighted by molar-refractivity contribution is 0.0727. The van der Waals surface area contributed by atoms with Crippen molar-refractivity contribution in [3.05, 3.63) is 34.9 Å². The van der Waals surface area contributed by atoms with Crippen LogP contribution in [0.1, 0.15) is 34.5 Å². The SMILES string of the molecule is Cc1c2c(cn1CC(=CF)CN)C(=O)N(C1CC1)CC2. The number of aromatic nitrogens is 1. The number of hydrogen-bond donors (Lipinski definition) is 1. The van der Waals surface area contributed by atoms with Crippen LogP contribution < -0.4 is 5.73 Å². The summed E-state index contributed by atoms with van der Waals surface area (Å²) in [6.07, 6.45) is 5.58. The molecule has 0 unspecified atom stereocenters. The molecule has 0 spiro atoms. The molecule has 20 heavy (non-hydrogen) atoms. The highest BCUT2D eigenvalue weighted by Gasteiger charge is 2.37. The van der Waals surface area contributed by atoms with Gasteiger partial charge in [0.1, 0.15) is 0 Å². The van der Waals surface area contributed by atoms with Gasteiger partial charge in [-0.05, 0) is 37.3 Å². The van der Waals surface area contributed by atoms with Crippen molar-refractivity contribution in [3.8, 4) is 0 Å². The predicted molar refractivity (Wildman–Crippen MR) is 75.2 cm³/mol. The lowest BCUT2D eigenvalue weighted by Crippen LogP contribution is -2.38. The van der Waals surface area contributed by atoms with Crippen molar-refractivity contribution in [2.75, 3.05) is 13.1 Å². The van der Waals surface area contributed by atoms with E-state index in [-0.39, 0.29) is 12.5 Å². The van der Waals surface area contributed by atoms with Gasteiger partial charge in [-0.1, -0.05) is 0 Å². The number of hydrogen-bond acceptors (Lipinski definition) is 2. The van der Waals surface area contributed by atoms with Gasteiger partial charge in [0, 0.05) is 37.6 Å². The number of rotatable bonds is 4. The molecule has 1 saturated carbocycles. The number of carbonyl (C=O) groups excluding carboxylic acids is 1. The molecule has 1 fully saturated rings. The Balaban J connectivity index is 1.89. The molecule has 0 saturated heterocycles. The van der Waals surface area contributed by atoms with Crippen molar-refractivity contribution in [2.24, 2.45) is 5.73 Å². The Morgan fingerprint density at radius 3 is 2.90 bits per heavy atom. The highest BCUT2D eigenvalue weighted by atomic mass is 19.1. The van der Waals surface area contributed by atoms with E-state index in [2.05, 4.69) is 0 Å². The summed E-state index contributed by atoms with van der Waals surface area (Å²) < 4.78 is 14.6. The van der Waals surface area contributed by atoms with Crippen molar-refractivity contribution in [1.29, 1.82) is 0 Å². The summed E-state index contributed by atoms with van der Waals surface area (Å²) in [6.45, 7) is 3.42. The van der Waals surface area contributed by atoms with Gasteiger partial charge in [0.15, 0.2) is 0 Å². The fourth-order valence-corrected chi connectivity index (χ4v) is 2.95. The van der Waals surface area contributed by atoms with Crippen LogP contribution in [0.5, 0.6) is 0 Å². The predicted octanol–water partition coefficient (Wildman–Crippen LogP) is 1.77. The third-order valence-corrected chi connectivity index (χ3v) is 4.35. The zero-order valence-corrected chi connectivity index (χ0v) is 11.7. The molecular formula is C15H20FN3O. The number of amides is 1. The first-order chi connectivity index (χ1) is 9.65. The largest absolute Gasteiger partial charge is 0.346 e. The van der Waals surface area contributed by atoms with Gasteiger partial charge in [-0.15, -0.1) is 0 Å². The van der Waals surface area contributed by atoms with Gasteiger partial charge in [0.25, 0.3) is 5.91 Å². The Labute approximate surface area is 118 Å². The summed E-state index contributed by atoms with van der Waals surface area (Å²) in [6, 6.07) is 0.449. The Hall–Kier alpha value is -1.62. The minimum absolute atomic E-state index is 0.133. The second-order valence-corrected chi connectivity index (χ2v) is 5.69. The van der Waals surface area contributed by atoms with Crippen LogP contribution in [0.25, 0.3) is 0 Å². The molecule has 2 aliphatic rings. The molecule has 2 heterocycles. The monoisotopic (exact) mass is 277 g/mol. The van der Waals surface area contributed by atoms with Crippen LogP contribution >= 0.6 is 0 Å². The molecule has 1 aromatic heterocycles. The maximum atomic E-state index is 12.7. The lowest BCUT2D eigenvalue weighted by Gasteiger charge is -2.27. The van der Waals surface area contributed by atoms with Gasteiger partial charge in [0.05, 0.1) is 11.9 Å². The number of carbonyl (C=O) groups is 1. The van der Waals surface area contributed by atoms with E-state index in [1.54, 1.807) is 0 Å². The first-order valence-electron chi connectivity index (χ1n) is 7.13. The molecule has 0 bridgehead atoms. The van der Waals surface area contributed by atoms with E-state index >= 15 is 0 Å². The number of nitrogens with two attached hydrogens (primary N) is 1. The molecule has 5 heteroatoms. The molecule has 2 N–H and O–H groups in total. The van der Waals surface area contributed by atoms with Gasteiger partial charge < -0.3 is 15.2 Å². The lowest BCUT2D eigenvalue weighted by atomic mass is 10.0. The smallest absolute Gasteiger partial charge is 0.255 e. The van der Waals surface area contributed by atoms with Crippen LogP contribution in [0.2, 0.25) is 0 Å². The summed E-state index contributed by atoms with van der Waals surface area (Å²) in [5.74, 6) is 0.133. The molecule has 1 aliphatic carbocycles. The molecule has 0 radical (unpaired) electrons. The Bertz CT molecular complexity index is 572. The van der Waals surface area contributed by atoms with Crippen LogP contribution in [-0.2, 0) is 13.0 Å². The summed E-state index contributed by atoms with van der Waals surface area (Å²) in [5.41, 5.74) is 8.99. The van der Waals surface area contributed by atoms with Crippen molar-refractivity contribution < 1.29 is 9.18 Å². The molecule has 4 nitrogen and oxygen atoms in total. The topological polar surface area (TPSA) is 51.3 Å². The molecule has 108 valence electrons. The molecule has 0 aromatic carbocycles. The zero-order valence-electron chi connectivity index (χ0n) is 11.7. The van der Waals surface area contributed by atoms with E-state index in [9.17, 15) is 9.18 Å².